The number of para-hydroxylation sites is 1. The minimum Gasteiger partial charge on any atom is -0.493 e. The molecular weight excluding hydrogens is 184 g/mol. The Morgan fingerprint density at radius 1 is 1.07 bits per heavy atom. The van der Waals surface area contributed by atoms with Crippen LogP contribution in [0, 0.1) is 17.8 Å². The average molecular weight is 200 g/mol. The van der Waals surface area contributed by atoms with Crippen LogP contribution in [0.1, 0.15) is 12.8 Å². The van der Waals surface area contributed by atoms with E-state index in [1.54, 1.807) is 0 Å². The van der Waals surface area contributed by atoms with Crippen molar-refractivity contribution in [3.8, 4) is 5.75 Å². The van der Waals surface area contributed by atoms with Crippen LogP contribution in [-0.4, -0.2) is 6.61 Å². The minimum atomic E-state index is 0.750. The van der Waals surface area contributed by atoms with E-state index in [2.05, 4.69) is 12.2 Å². The van der Waals surface area contributed by atoms with Gasteiger partial charge in [0, 0.05) is 0 Å². The van der Waals surface area contributed by atoms with E-state index < -0.39 is 0 Å². The number of ether oxygens (including phenoxy) is 1. The van der Waals surface area contributed by atoms with Crippen molar-refractivity contribution in [1.82, 2.24) is 0 Å². The van der Waals surface area contributed by atoms with Gasteiger partial charge in [0.25, 0.3) is 0 Å². The van der Waals surface area contributed by atoms with Crippen molar-refractivity contribution in [2.45, 2.75) is 12.8 Å². The summed E-state index contributed by atoms with van der Waals surface area (Å²) in [6.45, 7) is 0.884. The van der Waals surface area contributed by atoms with Crippen LogP contribution >= 0.6 is 0 Å². The fourth-order valence-corrected chi connectivity index (χ4v) is 2.81. The molecule has 1 nitrogen and oxygen atoms in total. The summed E-state index contributed by atoms with van der Waals surface area (Å²) in [5.74, 6) is 3.39. The molecular formula is C14H16O. The van der Waals surface area contributed by atoms with Gasteiger partial charge in [-0.15, -0.1) is 0 Å². The van der Waals surface area contributed by atoms with Gasteiger partial charge in [-0.3, -0.25) is 0 Å². The summed E-state index contributed by atoms with van der Waals surface area (Å²) in [6, 6.07) is 10.1. The molecule has 0 radical (unpaired) electrons. The van der Waals surface area contributed by atoms with Gasteiger partial charge < -0.3 is 4.74 Å². The van der Waals surface area contributed by atoms with Crippen LogP contribution in [0.2, 0.25) is 0 Å². The molecule has 0 aromatic heterocycles. The molecule has 0 aliphatic heterocycles. The van der Waals surface area contributed by atoms with Gasteiger partial charge in [0.1, 0.15) is 5.75 Å². The highest BCUT2D eigenvalue weighted by Gasteiger charge is 2.35. The molecule has 2 aliphatic rings. The molecule has 78 valence electrons. The highest BCUT2D eigenvalue weighted by molar-refractivity contribution is 5.21. The average Bonchev–Trinajstić information content (AvgIpc) is 2.89. The van der Waals surface area contributed by atoms with Crippen LogP contribution in [0.15, 0.2) is 42.5 Å². The number of hydrogen-bond acceptors (Lipinski definition) is 1. The Labute approximate surface area is 90.8 Å². The first-order chi connectivity index (χ1) is 7.42. The van der Waals surface area contributed by atoms with Crippen molar-refractivity contribution < 1.29 is 4.74 Å². The third kappa shape index (κ3) is 1.79. The first kappa shape index (κ1) is 9.02. The molecule has 3 rings (SSSR count). The first-order valence-corrected chi connectivity index (χ1v) is 5.78. The Balaban J connectivity index is 1.57. The Morgan fingerprint density at radius 3 is 2.60 bits per heavy atom. The van der Waals surface area contributed by atoms with Gasteiger partial charge in [0.15, 0.2) is 0 Å². The highest BCUT2D eigenvalue weighted by atomic mass is 16.5. The third-order valence-corrected chi connectivity index (χ3v) is 3.62. The molecule has 1 saturated carbocycles. The topological polar surface area (TPSA) is 9.23 Å². The van der Waals surface area contributed by atoms with Gasteiger partial charge in [0.2, 0.25) is 0 Å². The summed E-state index contributed by atoms with van der Waals surface area (Å²) in [6.07, 6.45) is 7.45. The number of benzene rings is 1. The Morgan fingerprint density at radius 2 is 1.93 bits per heavy atom. The molecule has 1 fully saturated rings. The molecule has 1 heteroatoms. The monoisotopic (exact) mass is 200 g/mol. The van der Waals surface area contributed by atoms with Gasteiger partial charge in [0.05, 0.1) is 6.61 Å². The summed E-state index contributed by atoms with van der Waals surface area (Å²) >= 11 is 0. The van der Waals surface area contributed by atoms with Crippen molar-refractivity contribution in [3.63, 3.8) is 0 Å². The zero-order valence-corrected chi connectivity index (χ0v) is 8.80. The standard InChI is InChI=1S/C14H16O/c1-2-4-14(5-3-1)15-10-13-9-11-6-7-12(13)8-11/h1-7,11-13H,8-10H2/t11-,12+,13-/m1/s1. The van der Waals surface area contributed by atoms with Crippen molar-refractivity contribution >= 4 is 0 Å². The van der Waals surface area contributed by atoms with E-state index >= 15 is 0 Å². The number of rotatable bonds is 3. The van der Waals surface area contributed by atoms with E-state index in [9.17, 15) is 0 Å². The van der Waals surface area contributed by atoms with Gasteiger partial charge in [-0.1, -0.05) is 30.4 Å². The van der Waals surface area contributed by atoms with Gasteiger partial charge in [-0.05, 0) is 42.7 Å². The van der Waals surface area contributed by atoms with Crippen LogP contribution in [0.3, 0.4) is 0 Å². The molecule has 3 atom stereocenters. The lowest BCUT2D eigenvalue weighted by molar-refractivity contribution is 0.228. The summed E-state index contributed by atoms with van der Waals surface area (Å²) in [5.41, 5.74) is 0. The normalized spacial score (nSPS) is 32.1. The second-order valence-corrected chi connectivity index (χ2v) is 4.66. The number of allylic oxidation sites excluding steroid dienone is 2. The molecule has 0 spiro atoms. The zero-order chi connectivity index (χ0) is 10.1. The van der Waals surface area contributed by atoms with Crippen molar-refractivity contribution in [2.75, 3.05) is 6.61 Å². The lowest BCUT2D eigenvalue weighted by Crippen LogP contribution is -2.16. The van der Waals surface area contributed by atoms with E-state index in [-0.39, 0.29) is 0 Å². The number of fused-ring (bicyclic) bond motifs is 2. The first-order valence-electron chi connectivity index (χ1n) is 5.78. The molecule has 1 aromatic rings. The van der Waals surface area contributed by atoms with E-state index in [4.69, 9.17) is 4.74 Å². The second-order valence-electron chi connectivity index (χ2n) is 4.66. The number of hydrogen-bond donors (Lipinski definition) is 0. The van der Waals surface area contributed by atoms with Crippen LogP contribution < -0.4 is 4.74 Å². The lowest BCUT2D eigenvalue weighted by atomic mass is 9.95. The quantitative estimate of drug-likeness (QED) is 0.680. The Kier molecular flexibility index (Phi) is 2.24. The van der Waals surface area contributed by atoms with E-state index in [1.165, 1.54) is 12.8 Å². The summed E-state index contributed by atoms with van der Waals surface area (Å²) in [7, 11) is 0. The third-order valence-electron chi connectivity index (χ3n) is 3.62. The lowest BCUT2D eigenvalue weighted by Gasteiger charge is -2.18. The Hall–Kier alpha value is -1.24. The molecule has 15 heavy (non-hydrogen) atoms. The molecule has 0 saturated heterocycles. The van der Waals surface area contributed by atoms with Gasteiger partial charge in [-0.2, -0.15) is 0 Å². The van der Waals surface area contributed by atoms with Crippen molar-refractivity contribution in [1.29, 1.82) is 0 Å². The van der Waals surface area contributed by atoms with Crippen LogP contribution in [0.5, 0.6) is 5.75 Å². The molecule has 0 amide bonds. The predicted molar refractivity (Wildman–Crippen MR) is 60.8 cm³/mol. The van der Waals surface area contributed by atoms with Crippen molar-refractivity contribution in [2.24, 2.45) is 17.8 Å². The largest absolute Gasteiger partial charge is 0.493 e. The molecule has 0 N–H and O–H groups in total. The van der Waals surface area contributed by atoms with Gasteiger partial charge >= 0.3 is 0 Å². The smallest absolute Gasteiger partial charge is 0.119 e. The van der Waals surface area contributed by atoms with Crippen LogP contribution in [-0.2, 0) is 0 Å². The fraction of sp³-hybridized carbons (Fsp3) is 0.429. The Bertz CT molecular complexity index is 355. The summed E-state index contributed by atoms with van der Waals surface area (Å²) in [4.78, 5) is 0. The zero-order valence-electron chi connectivity index (χ0n) is 8.80. The van der Waals surface area contributed by atoms with E-state index in [0.29, 0.717) is 0 Å². The fourth-order valence-electron chi connectivity index (χ4n) is 2.81. The highest BCUT2D eigenvalue weighted by Crippen LogP contribution is 2.43. The molecule has 2 bridgehead atoms. The summed E-state index contributed by atoms with van der Waals surface area (Å²) in [5, 5.41) is 0. The minimum absolute atomic E-state index is 0.750. The molecule has 0 heterocycles. The SMILES string of the molecule is C1=C[C@H]2C[C@@H]1C[C@@H]2COc1ccccc1. The maximum atomic E-state index is 5.81. The van der Waals surface area contributed by atoms with Crippen LogP contribution in [0.25, 0.3) is 0 Å². The summed E-state index contributed by atoms with van der Waals surface area (Å²) < 4.78 is 5.81. The maximum Gasteiger partial charge on any atom is 0.119 e. The van der Waals surface area contributed by atoms with Gasteiger partial charge in [-0.25, -0.2) is 0 Å². The van der Waals surface area contributed by atoms with Crippen molar-refractivity contribution in [3.05, 3.63) is 42.5 Å². The molecule has 1 aromatic carbocycles. The van der Waals surface area contributed by atoms with E-state index in [0.717, 1.165) is 30.1 Å². The van der Waals surface area contributed by atoms with E-state index in [1.807, 2.05) is 30.3 Å². The molecule has 0 unspecified atom stereocenters. The van der Waals surface area contributed by atoms with Crippen LogP contribution in [0.4, 0.5) is 0 Å². The molecule has 2 aliphatic carbocycles. The maximum absolute atomic E-state index is 5.81. The second kappa shape index (κ2) is 3.73. The predicted octanol–water partition coefficient (Wildman–Crippen LogP) is 3.28.